The van der Waals surface area contributed by atoms with Gasteiger partial charge in [-0.15, -0.1) is 0 Å². The fourth-order valence-electron chi connectivity index (χ4n) is 2.15. The average molecular weight is 318 g/mol. The third-order valence-electron chi connectivity index (χ3n) is 3.24. The summed E-state index contributed by atoms with van der Waals surface area (Å²) in [6.45, 7) is 3.43. The molecule has 0 aromatic heterocycles. The van der Waals surface area contributed by atoms with Crippen LogP contribution in [0.15, 0.2) is 28.9 Å². The van der Waals surface area contributed by atoms with Crippen LogP contribution in [0.2, 0.25) is 0 Å². The molecule has 1 amide bonds. The van der Waals surface area contributed by atoms with E-state index in [9.17, 15) is 14.7 Å². The molecule has 23 heavy (non-hydrogen) atoms. The maximum Gasteiger partial charge on any atom is 0.326 e. The molecular formula is C16H18N2O5. The topological polar surface area (TPSA) is 88.4 Å². The van der Waals surface area contributed by atoms with Crippen molar-refractivity contribution in [1.82, 2.24) is 4.90 Å². The number of methoxy groups -OCH3 is 1. The Balaban J connectivity index is 2.25. The van der Waals surface area contributed by atoms with Gasteiger partial charge in [0.15, 0.2) is 0 Å². The second kappa shape index (κ2) is 6.95. The molecule has 1 aromatic rings. The zero-order valence-corrected chi connectivity index (χ0v) is 13.2. The van der Waals surface area contributed by atoms with Gasteiger partial charge in [-0.25, -0.2) is 4.99 Å². The summed E-state index contributed by atoms with van der Waals surface area (Å²) in [4.78, 5) is 29.4. The third kappa shape index (κ3) is 3.68. The van der Waals surface area contributed by atoms with Gasteiger partial charge in [0, 0.05) is 11.6 Å². The van der Waals surface area contributed by atoms with Gasteiger partial charge in [-0.05, 0) is 32.1 Å². The SMILES string of the molecule is CCOC(=O)CN1C(=O)/C(=C/c2ccc(O)cc2OC)N=C1C. The Labute approximate surface area is 133 Å². The van der Waals surface area contributed by atoms with Crippen LogP contribution >= 0.6 is 0 Å². The van der Waals surface area contributed by atoms with Crippen molar-refractivity contribution in [2.45, 2.75) is 13.8 Å². The molecule has 0 aliphatic carbocycles. The van der Waals surface area contributed by atoms with E-state index in [0.29, 0.717) is 17.1 Å². The van der Waals surface area contributed by atoms with E-state index in [1.54, 1.807) is 26.0 Å². The van der Waals surface area contributed by atoms with E-state index >= 15 is 0 Å². The smallest absolute Gasteiger partial charge is 0.326 e. The number of carbonyl (C=O) groups is 2. The Bertz CT molecular complexity index is 694. The van der Waals surface area contributed by atoms with E-state index in [2.05, 4.69) is 4.99 Å². The first kappa shape index (κ1) is 16.5. The third-order valence-corrected chi connectivity index (χ3v) is 3.24. The maximum absolute atomic E-state index is 12.4. The molecule has 1 aliphatic heterocycles. The fraction of sp³-hybridized carbons (Fsp3) is 0.312. The average Bonchev–Trinajstić information content (AvgIpc) is 2.77. The summed E-state index contributed by atoms with van der Waals surface area (Å²) < 4.78 is 10.0. The van der Waals surface area contributed by atoms with Gasteiger partial charge in [0.05, 0.1) is 13.7 Å². The standard InChI is InChI=1S/C16H18N2O5/c1-4-23-15(20)9-18-10(2)17-13(16(18)21)7-11-5-6-12(19)8-14(11)22-3/h5-8,19H,4,9H2,1-3H3/b13-7-. The number of ether oxygens (including phenoxy) is 2. The van der Waals surface area contributed by atoms with Crippen molar-refractivity contribution in [3.63, 3.8) is 0 Å². The maximum atomic E-state index is 12.4. The zero-order valence-electron chi connectivity index (χ0n) is 13.2. The van der Waals surface area contributed by atoms with Crippen molar-refractivity contribution in [2.24, 2.45) is 4.99 Å². The van der Waals surface area contributed by atoms with E-state index in [1.807, 2.05) is 0 Å². The molecule has 0 fully saturated rings. The minimum atomic E-state index is -0.487. The molecule has 7 heteroatoms. The van der Waals surface area contributed by atoms with Crippen LogP contribution in [0.25, 0.3) is 6.08 Å². The second-order valence-corrected chi connectivity index (χ2v) is 4.81. The molecule has 0 radical (unpaired) electrons. The van der Waals surface area contributed by atoms with Gasteiger partial charge in [-0.2, -0.15) is 0 Å². The Morgan fingerprint density at radius 2 is 2.17 bits per heavy atom. The van der Waals surface area contributed by atoms with E-state index in [4.69, 9.17) is 9.47 Å². The molecular weight excluding hydrogens is 300 g/mol. The minimum Gasteiger partial charge on any atom is -0.508 e. The van der Waals surface area contributed by atoms with Crippen LogP contribution in [0.3, 0.4) is 0 Å². The number of hydrogen-bond donors (Lipinski definition) is 1. The van der Waals surface area contributed by atoms with Crippen LogP contribution < -0.4 is 4.74 Å². The molecule has 7 nitrogen and oxygen atoms in total. The first-order valence-corrected chi connectivity index (χ1v) is 7.07. The van der Waals surface area contributed by atoms with Crippen LogP contribution in [-0.4, -0.2) is 48.0 Å². The van der Waals surface area contributed by atoms with Crippen molar-refractivity contribution in [3.8, 4) is 11.5 Å². The number of esters is 1. The summed E-state index contributed by atoms with van der Waals surface area (Å²) in [6, 6.07) is 4.55. The quantitative estimate of drug-likeness (QED) is 0.657. The highest BCUT2D eigenvalue weighted by atomic mass is 16.5. The lowest BCUT2D eigenvalue weighted by molar-refractivity contribution is -0.145. The predicted molar refractivity (Wildman–Crippen MR) is 84.1 cm³/mol. The number of aromatic hydroxyl groups is 1. The normalized spacial score (nSPS) is 15.8. The summed E-state index contributed by atoms with van der Waals surface area (Å²) in [5.41, 5.74) is 0.791. The number of rotatable bonds is 5. The fourth-order valence-corrected chi connectivity index (χ4v) is 2.15. The lowest BCUT2D eigenvalue weighted by Gasteiger charge is -2.14. The largest absolute Gasteiger partial charge is 0.508 e. The lowest BCUT2D eigenvalue weighted by Crippen LogP contribution is -2.36. The molecule has 0 saturated heterocycles. The number of phenolic OH excluding ortho intramolecular Hbond substituents is 1. The number of carbonyl (C=O) groups excluding carboxylic acids is 2. The molecule has 0 unspecified atom stereocenters. The van der Waals surface area contributed by atoms with Crippen LogP contribution in [0, 0.1) is 0 Å². The molecule has 0 spiro atoms. The summed E-state index contributed by atoms with van der Waals surface area (Å²) in [5, 5.41) is 9.46. The van der Waals surface area contributed by atoms with Gasteiger partial charge in [-0.1, -0.05) is 0 Å². The van der Waals surface area contributed by atoms with Crippen molar-refractivity contribution >= 4 is 23.8 Å². The van der Waals surface area contributed by atoms with Crippen LogP contribution in [-0.2, 0) is 14.3 Å². The van der Waals surface area contributed by atoms with Gasteiger partial charge in [0.25, 0.3) is 5.91 Å². The van der Waals surface area contributed by atoms with E-state index in [0.717, 1.165) is 0 Å². The molecule has 1 aliphatic rings. The molecule has 0 atom stereocenters. The van der Waals surface area contributed by atoms with Gasteiger partial charge in [0.2, 0.25) is 0 Å². The minimum absolute atomic E-state index is 0.0605. The zero-order chi connectivity index (χ0) is 17.0. The number of aliphatic imine (C=N–C) groups is 1. The van der Waals surface area contributed by atoms with Gasteiger partial charge < -0.3 is 14.6 Å². The highest BCUT2D eigenvalue weighted by Crippen LogP contribution is 2.27. The Kier molecular flexibility index (Phi) is 5.00. The monoisotopic (exact) mass is 318 g/mol. The predicted octanol–water partition coefficient (Wildman–Crippen LogP) is 1.57. The molecule has 122 valence electrons. The molecule has 1 N–H and O–H groups in total. The number of nitrogens with zero attached hydrogens (tertiary/aromatic N) is 2. The number of amides is 1. The van der Waals surface area contributed by atoms with Crippen LogP contribution in [0.1, 0.15) is 19.4 Å². The molecule has 2 rings (SSSR count). The van der Waals surface area contributed by atoms with Gasteiger partial charge >= 0.3 is 5.97 Å². The molecule has 1 aromatic carbocycles. The van der Waals surface area contributed by atoms with Gasteiger partial charge in [-0.3, -0.25) is 14.5 Å². The van der Waals surface area contributed by atoms with E-state index in [1.165, 1.54) is 24.1 Å². The Morgan fingerprint density at radius 3 is 2.83 bits per heavy atom. The molecule has 0 saturated carbocycles. The van der Waals surface area contributed by atoms with Crippen molar-refractivity contribution < 1.29 is 24.2 Å². The molecule has 1 heterocycles. The van der Waals surface area contributed by atoms with Crippen molar-refractivity contribution in [2.75, 3.05) is 20.3 Å². The highest BCUT2D eigenvalue weighted by molar-refractivity contribution is 6.15. The summed E-state index contributed by atoms with van der Waals surface area (Å²) >= 11 is 0. The van der Waals surface area contributed by atoms with Crippen LogP contribution in [0.4, 0.5) is 0 Å². The number of amidine groups is 1. The number of phenols is 1. The van der Waals surface area contributed by atoms with Crippen molar-refractivity contribution in [1.29, 1.82) is 0 Å². The summed E-state index contributed by atoms with van der Waals surface area (Å²) in [6.07, 6.45) is 1.55. The molecule has 0 bridgehead atoms. The van der Waals surface area contributed by atoms with E-state index in [-0.39, 0.29) is 30.5 Å². The Hall–Kier alpha value is -2.83. The van der Waals surface area contributed by atoms with E-state index < -0.39 is 5.97 Å². The van der Waals surface area contributed by atoms with Crippen molar-refractivity contribution in [3.05, 3.63) is 29.5 Å². The first-order chi connectivity index (χ1) is 11.0. The number of hydrogen-bond acceptors (Lipinski definition) is 6. The number of benzene rings is 1. The summed E-state index contributed by atoms with van der Waals surface area (Å²) in [5.74, 6) is 0.0314. The highest BCUT2D eigenvalue weighted by Gasteiger charge is 2.29. The Morgan fingerprint density at radius 1 is 1.43 bits per heavy atom. The second-order valence-electron chi connectivity index (χ2n) is 4.81. The summed E-state index contributed by atoms with van der Waals surface area (Å²) in [7, 11) is 1.47. The van der Waals surface area contributed by atoms with Gasteiger partial charge in [0.1, 0.15) is 29.6 Å². The van der Waals surface area contributed by atoms with Crippen LogP contribution in [0.5, 0.6) is 11.5 Å². The lowest BCUT2D eigenvalue weighted by atomic mass is 10.1. The first-order valence-electron chi connectivity index (χ1n) is 7.07.